The number of aryl methyl sites for hydroxylation is 1. The number of halogens is 1. The van der Waals surface area contributed by atoms with E-state index in [9.17, 15) is 0 Å². The van der Waals surface area contributed by atoms with E-state index in [4.69, 9.17) is 11.6 Å². The highest BCUT2D eigenvalue weighted by atomic mass is 35.5. The molecular weight excluding hydrogens is 264 g/mol. The van der Waals surface area contributed by atoms with E-state index in [1.54, 1.807) is 11.3 Å². The van der Waals surface area contributed by atoms with Crippen molar-refractivity contribution < 1.29 is 0 Å². The van der Waals surface area contributed by atoms with Crippen molar-refractivity contribution in [2.24, 2.45) is 0 Å². The van der Waals surface area contributed by atoms with Crippen LogP contribution in [0.3, 0.4) is 0 Å². The van der Waals surface area contributed by atoms with Gasteiger partial charge in [-0.1, -0.05) is 23.7 Å². The van der Waals surface area contributed by atoms with Gasteiger partial charge in [0.05, 0.1) is 5.69 Å². The number of nitrogens with one attached hydrogen (secondary N) is 1. The number of hydrogen-bond donors (Lipinski definition) is 1. The Bertz CT molecular complexity index is 654. The molecule has 0 fully saturated rings. The molecular formula is C14H11ClN2S. The van der Waals surface area contributed by atoms with Gasteiger partial charge >= 0.3 is 0 Å². The molecule has 3 rings (SSSR count). The molecule has 0 saturated carbocycles. The van der Waals surface area contributed by atoms with Crippen molar-refractivity contribution in [3.63, 3.8) is 0 Å². The first kappa shape index (κ1) is 11.5. The second-order valence-electron chi connectivity index (χ2n) is 4.08. The predicted molar refractivity (Wildman–Crippen MR) is 77.1 cm³/mol. The molecule has 0 unspecified atom stereocenters. The zero-order valence-corrected chi connectivity index (χ0v) is 11.3. The van der Waals surface area contributed by atoms with E-state index in [1.807, 2.05) is 31.2 Å². The van der Waals surface area contributed by atoms with Crippen LogP contribution < -0.4 is 0 Å². The number of aromatic amines is 1. The molecule has 0 saturated heterocycles. The number of rotatable bonds is 2. The van der Waals surface area contributed by atoms with Gasteiger partial charge in [0.25, 0.3) is 0 Å². The number of H-pyrrole nitrogens is 1. The van der Waals surface area contributed by atoms with Gasteiger partial charge in [-0.3, -0.25) is 0 Å². The average molecular weight is 275 g/mol. The first-order valence-electron chi connectivity index (χ1n) is 5.59. The summed E-state index contributed by atoms with van der Waals surface area (Å²) in [6, 6.07) is 9.81. The molecule has 1 aromatic carbocycles. The lowest BCUT2D eigenvalue weighted by Gasteiger charge is -1.98. The van der Waals surface area contributed by atoms with Gasteiger partial charge in [-0.05, 0) is 30.5 Å². The smallest absolute Gasteiger partial charge is 0.139 e. The maximum absolute atomic E-state index is 5.90. The number of aromatic nitrogens is 2. The summed E-state index contributed by atoms with van der Waals surface area (Å²) in [6.45, 7) is 2.03. The first-order valence-corrected chi connectivity index (χ1v) is 6.91. The summed E-state index contributed by atoms with van der Waals surface area (Å²) in [5.41, 5.74) is 4.25. The second-order valence-corrected chi connectivity index (χ2v) is 5.29. The summed E-state index contributed by atoms with van der Waals surface area (Å²) < 4.78 is 0. The Hall–Kier alpha value is -1.58. The van der Waals surface area contributed by atoms with Crippen molar-refractivity contribution in [2.45, 2.75) is 6.92 Å². The molecule has 2 aromatic heterocycles. The van der Waals surface area contributed by atoms with E-state index in [1.165, 1.54) is 0 Å². The molecule has 4 heteroatoms. The van der Waals surface area contributed by atoms with Crippen LogP contribution in [0.1, 0.15) is 5.69 Å². The summed E-state index contributed by atoms with van der Waals surface area (Å²) >= 11 is 7.57. The molecule has 0 radical (unpaired) electrons. The highest BCUT2D eigenvalue weighted by Gasteiger charge is 2.10. The Morgan fingerprint density at radius 1 is 1.11 bits per heavy atom. The molecule has 0 aliphatic rings. The Balaban J connectivity index is 2.06. The molecule has 90 valence electrons. The monoisotopic (exact) mass is 274 g/mol. The molecule has 3 aromatic rings. The third-order valence-corrected chi connectivity index (χ3v) is 3.73. The zero-order chi connectivity index (χ0) is 12.5. The fraction of sp³-hybridized carbons (Fsp3) is 0.0714. The van der Waals surface area contributed by atoms with Gasteiger partial charge in [-0.15, -0.1) is 0 Å². The van der Waals surface area contributed by atoms with Crippen LogP contribution in [-0.2, 0) is 0 Å². The number of hydrogen-bond acceptors (Lipinski definition) is 2. The van der Waals surface area contributed by atoms with E-state index in [-0.39, 0.29) is 0 Å². The van der Waals surface area contributed by atoms with E-state index in [0.29, 0.717) is 0 Å². The van der Waals surface area contributed by atoms with Crippen LogP contribution >= 0.6 is 22.9 Å². The molecule has 0 spiro atoms. The van der Waals surface area contributed by atoms with E-state index < -0.39 is 0 Å². The van der Waals surface area contributed by atoms with Crippen LogP contribution in [0.5, 0.6) is 0 Å². The third-order valence-electron chi connectivity index (χ3n) is 2.80. The second kappa shape index (κ2) is 4.59. The normalized spacial score (nSPS) is 10.8. The molecule has 0 aliphatic carbocycles. The molecule has 18 heavy (non-hydrogen) atoms. The van der Waals surface area contributed by atoms with Crippen LogP contribution in [0.15, 0.2) is 41.1 Å². The lowest BCUT2D eigenvalue weighted by Crippen LogP contribution is -1.80. The Kier molecular flexibility index (Phi) is 2.94. The average Bonchev–Trinajstić information content (AvgIpc) is 2.99. The number of benzene rings is 1. The van der Waals surface area contributed by atoms with Gasteiger partial charge in [-0.25, -0.2) is 4.98 Å². The fourth-order valence-electron chi connectivity index (χ4n) is 1.89. The standard InChI is InChI=1S/C14H11ClN2S/c1-9-13(10-2-4-12(15)5-3-10)17-14(16-9)11-6-7-18-8-11/h2-8H,1H3,(H,16,17). The number of imidazole rings is 1. The molecule has 0 bridgehead atoms. The lowest BCUT2D eigenvalue weighted by atomic mass is 10.1. The number of thiophene rings is 1. The maximum Gasteiger partial charge on any atom is 0.139 e. The molecule has 0 amide bonds. The predicted octanol–water partition coefficient (Wildman–Crippen LogP) is 4.77. The van der Waals surface area contributed by atoms with Gasteiger partial charge < -0.3 is 4.98 Å². The molecule has 0 aliphatic heterocycles. The third kappa shape index (κ3) is 2.07. The minimum atomic E-state index is 0.741. The Labute approximate surface area is 114 Å². The maximum atomic E-state index is 5.90. The van der Waals surface area contributed by atoms with Crippen LogP contribution in [0.4, 0.5) is 0 Å². The zero-order valence-electron chi connectivity index (χ0n) is 9.77. The van der Waals surface area contributed by atoms with Gasteiger partial charge in [0.2, 0.25) is 0 Å². The van der Waals surface area contributed by atoms with Crippen LogP contribution in [0, 0.1) is 6.92 Å². The van der Waals surface area contributed by atoms with Crippen LogP contribution in [0.25, 0.3) is 22.6 Å². The molecule has 1 N–H and O–H groups in total. The molecule has 0 atom stereocenters. The summed E-state index contributed by atoms with van der Waals surface area (Å²) in [6.07, 6.45) is 0. The van der Waals surface area contributed by atoms with Gasteiger partial charge in [0.15, 0.2) is 0 Å². The van der Waals surface area contributed by atoms with Crippen molar-refractivity contribution in [1.82, 2.24) is 9.97 Å². The minimum absolute atomic E-state index is 0.741. The number of nitrogens with zero attached hydrogens (tertiary/aromatic N) is 1. The van der Waals surface area contributed by atoms with Gasteiger partial charge in [0, 0.05) is 27.2 Å². The van der Waals surface area contributed by atoms with Crippen LogP contribution in [-0.4, -0.2) is 9.97 Å². The molecule has 2 nitrogen and oxygen atoms in total. The Morgan fingerprint density at radius 3 is 2.56 bits per heavy atom. The first-order chi connectivity index (χ1) is 8.74. The Morgan fingerprint density at radius 2 is 1.89 bits per heavy atom. The van der Waals surface area contributed by atoms with Crippen molar-refractivity contribution in [3.05, 3.63) is 51.8 Å². The SMILES string of the molecule is Cc1[nH]c(-c2ccsc2)nc1-c1ccc(Cl)cc1. The van der Waals surface area contributed by atoms with Gasteiger partial charge in [0.1, 0.15) is 5.82 Å². The van der Waals surface area contributed by atoms with Gasteiger partial charge in [-0.2, -0.15) is 11.3 Å². The highest BCUT2D eigenvalue weighted by Crippen LogP contribution is 2.27. The topological polar surface area (TPSA) is 28.7 Å². The lowest BCUT2D eigenvalue weighted by molar-refractivity contribution is 1.26. The summed E-state index contributed by atoms with van der Waals surface area (Å²) in [5.74, 6) is 0.915. The fourth-order valence-corrected chi connectivity index (χ4v) is 2.65. The minimum Gasteiger partial charge on any atom is -0.342 e. The summed E-state index contributed by atoms with van der Waals surface area (Å²) in [4.78, 5) is 7.98. The highest BCUT2D eigenvalue weighted by molar-refractivity contribution is 7.08. The van der Waals surface area contributed by atoms with Crippen molar-refractivity contribution in [2.75, 3.05) is 0 Å². The van der Waals surface area contributed by atoms with E-state index >= 15 is 0 Å². The quantitative estimate of drug-likeness (QED) is 0.717. The van der Waals surface area contributed by atoms with Crippen LogP contribution in [0.2, 0.25) is 5.02 Å². The summed E-state index contributed by atoms with van der Waals surface area (Å²) in [5, 5.41) is 4.88. The van der Waals surface area contributed by atoms with E-state index in [2.05, 4.69) is 26.8 Å². The summed E-state index contributed by atoms with van der Waals surface area (Å²) in [7, 11) is 0. The van der Waals surface area contributed by atoms with E-state index in [0.717, 1.165) is 33.4 Å². The molecule has 2 heterocycles. The largest absolute Gasteiger partial charge is 0.342 e. The van der Waals surface area contributed by atoms with Crippen molar-refractivity contribution >= 4 is 22.9 Å². The van der Waals surface area contributed by atoms with Crippen molar-refractivity contribution in [1.29, 1.82) is 0 Å². The van der Waals surface area contributed by atoms with Crippen molar-refractivity contribution in [3.8, 4) is 22.6 Å².